The highest BCUT2D eigenvalue weighted by atomic mass is 35.5. The predicted octanol–water partition coefficient (Wildman–Crippen LogP) is 3.24. The normalized spacial score (nSPS) is 22.3. The maximum atomic E-state index is 12.8. The summed E-state index contributed by atoms with van der Waals surface area (Å²) < 4.78 is 27.1. The van der Waals surface area contributed by atoms with E-state index in [9.17, 15) is 8.42 Å². The summed E-state index contributed by atoms with van der Waals surface area (Å²) >= 11 is 12.0. The fraction of sp³-hybridized carbons (Fsp3) is 0.600. The van der Waals surface area contributed by atoms with Crippen molar-refractivity contribution < 1.29 is 8.42 Å². The van der Waals surface area contributed by atoms with Gasteiger partial charge in [-0.25, -0.2) is 8.42 Å². The summed E-state index contributed by atoms with van der Waals surface area (Å²) in [4.78, 5) is 2.61. The molecule has 1 aromatic rings. The van der Waals surface area contributed by atoms with Gasteiger partial charge in [-0.1, -0.05) is 23.2 Å². The van der Waals surface area contributed by atoms with Crippen molar-refractivity contribution in [1.82, 2.24) is 9.21 Å². The zero-order valence-corrected chi connectivity index (χ0v) is 14.7. The van der Waals surface area contributed by atoms with Gasteiger partial charge in [0, 0.05) is 24.2 Å². The minimum atomic E-state index is -3.56. The zero-order chi connectivity index (χ0) is 15.7. The molecule has 0 unspecified atom stereocenters. The Morgan fingerprint density at radius 3 is 2.27 bits per heavy atom. The van der Waals surface area contributed by atoms with E-state index < -0.39 is 10.0 Å². The van der Waals surface area contributed by atoms with Gasteiger partial charge in [0.15, 0.2) is 0 Å². The molecule has 2 aliphatic rings. The summed E-state index contributed by atoms with van der Waals surface area (Å²) in [6.45, 7) is 3.40. The van der Waals surface area contributed by atoms with Crippen LogP contribution in [0.4, 0.5) is 0 Å². The third-order valence-electron chi connectivity index (χ3n) is 4.59. The Morgan fingerprint density at radius 1 is 1.00 bits per heavy atom. The van der Waals surface area contributed by atoms with E-state index in [4.69, 9.17) is 23.2 Å². The van der Waals surface area contributed by atoms with Gasteiger partial charge in [0.2, 0.25) is 10.0 Å². The highest BCUT2D eigenvalue weighted by Crippen LogP contribution is 2.30. The Hall–Kier alpha value is -0.330. The molecule has 0 N–H and O–H groups in total. The lowest BCUT2D eigenvalue weighted by atomic mass is 10.1. The number of piperidine rings is 1. The average Bonchev–Trinajstić information content (AvgIpc) is 3.04. The first kappa shape index (κ1) is 16.5. The van der Waals surface area contributed by atoms with Crippen molar-refractivity contribution in [2.45, 2.75) is 36.6 Å². The van der Waals surface area contributed by atoms with Crippen LogP contribution in [0.3, 0.4) is 0 Å². The molecule has 0 radical (unpaired) electrons. The van der Waals surface area contributed by atoms with Gasteiger partial charge in [0.05, 0.1) is 5.02 Å². The van der Waals surface area contributed by atoms with Crippen LogP contribution < -0.4 is 0 Å². The molecule has 0 amide bonds. The summed E-state index contributed by atoms with van der Waals surface area (Å²) in [6.07, 6.45) is 4.29. The van der Waals surface area contributed by atoms with Crippen molar-refractivity contribution in [3.05, 3.63) is 28.2 Å². The van der Waals surface area contributed by atoms with E-state index in [-0.39, 0.29) is 9.92 Å². The third kappa shape index (κ3) is 3.29. The minimum absolute atomic E-state index is 0.112. The van der Waals surface area contributed by atoms with Gasteiger partial charge in [-0.15, -0.1) is 0 Å². The molecule has 2 saturated heterocycles. The van der Waals surface area contributed by atoms with Crippen molar-refractivity contribution >= 4 is 33.2 Å². The van der Waals surface area contributed by atoms with E-state index >= 15 is 0 Å². The molecule has 0 atom stereocenters. The van der Waals surface area contributed by atoms with Gasteiger partial charge >= 0.3 is 0 Å². The quantitative estimate of drug-likeness (QED) is 0.828. The van der Waals surface area contributed by atoms with Gasteiger partial charge in [-0.05, 0) is 57.0 Å². The SMILES string of the molecule is O=S(=O)(c1cc(Cl)ccc1Cl)N1CCC(N2CCCC2)CC1. The van der Waals surface area contributed by atoms with Crippen LogP contribution in [0.2, 0.25) is 10.0 Å². The zero-order valence-electron chi connectivity index (χ0n) is 12.3. The van der Waals surface area contributed by atoms with Crippen LogP contribution in [0, 0.1) is 0 Å². The van der Waals surface area contributed by atoms with Gasteiger partial charge < -0.3 is 4.90 Å². The van der Waals surface area contributed by atoms with Crippen LogP contribution in [0.15, 0.2) is 23.1 Å². The number of nitrogens with zero attached hydrogens (tertiary/aromatic N) is 2. The van der Waals surface area contributed by atoms with Crippen LogP contribution in [-0.2, 0) is 10.0 Å². The molecule has 0 bridgehead atoms. The molecule has 2 heterocycles. The molecule has 0 saturated carbocycles. The maximum Gasteiger partial charge on any atom is 0.244 e. The number of hydrogen-bond acceptors (Lipinski definition) is 3. The maximum absolute atomic E-state index is 12.8. The lowest BCUT2D eigenvalue weighted by Gasteiger charge is -2.36. The molecule has 0 spiro atoms. The molecule has 4 nitrogen and oxygen atoms in total. The molecular weight excluding hydrogens is 343 g/mol. The van der Waals surface area contributed by atoms with E-state index in [1.54, 1.807) is 6.07 Å². The molecule has 122 valence electrons. The van der Waals surface area contributed by atoms with Crippen molar-refractivity contribution in [1.29, 1.82) is 0 Å². The summed E-state index contributed by atoms with van der Waals surface area (Å²) in [5.41, 5.74) is 0. The fourth-order valence-electron chi connectivity index (χ4n) is 3.37. The van der Waals surface area contributed by atoms with Crippen LogP contribution >= 0.6 is 23.2 Å². The summed E-state index contributed by atoms with van der Waals surface area (Å²) in [5, 5.41) is 0.612. The largest absolute Gasteiger partial charge is 0.300 e. The van der Waals surface area contributed by atoms with Crippen LogP contribution in [-0.4, -0.2) is 49.8 Å². The Balaban J connectivity index is 1.73. The van der Waals surface area contributed by atoms with Gasteiger partial charge in [0.25, 0.3) is 0 Å². The monoisotopic (exact) mass is 362 g/mol. The van der Waals surface area contributed by atoms with E-state index in [2.05, 4.69) is 4.90 Å². The first-order valence-corrected chi connectivity index (χ1v) is 9.87. The third-order valence-corrected chi connectivity index (χ3v) is 7.21. The number of rotatable bonds is 3. The smallest absolute Gasteiger partial charge is 0.244 e. The minimum Gasteiger partial charge on any atom is -0.300 e. The summed E-state index contributed by atoms with van der Waals surface area (Å²) in [5.74, 6) is 0. The number of likely N-dealkylation sites (tertiary alicyclic amines) is 1. The Kier molecular flexibility index (Phi) is 5.00. The second-order valence-corrected chi connectivity index (χ2v) is 8.70. The van der Waals surface area contributed by atoms with Crippen LogP contribution in [0.1, 0.15) is 25.7 Å². The van der Waals surface area contributed by atoms with E-state index in [1.165, 1.54) is 29.3 Å². The number of benzene rings is 1. The Bertz CT molecular complexity index is 637. The van der Waals surface area contributed by atoms with E-state index in [0.29, 0.717) is 24.2 Å². The number of sulfonamides is 1. The Labute approximate surface area is 142 Å². The fourth-order valence-corrected chi connectivity index (χ4v) is 5.58. The summed E-state index contributed by atoms with van der Waals surface area (Å²) in [7, 11) is -3.56. The van der Waals surface area contributed by atoms with Gasteiger partial charge in [-0.3, -0.25) is 0 Å². The molecule has 22 heavy (non-hydrogen) atoms. The predicted molar refractivity (Wildman–Crippen MR) is 89.0 cm³/mol. The first-order chi connectivity index (χ1) is 10.5. The van der Waals surface area contributed by atoms with Gasteiger partial charge in [-0.2, -0.15) is 4.31 Å². The molecule has 1 aromatic carbocycles. The first-order valence-electron chi connectivity index (χ1n) is 7.68. The van der Waals surface area contributed by atoms with E-state index in [1.807, 2.05) is 0 Å². The van der Waals surface area contributed by atoms with Crippen molar-refractivity contribution in [3.63, 3.8) is 0 Å². The highest BCUT2D eigenvalue weighted by molar-refractivity contribution is 7.89. The molecule has 7 heteroatoms. The number of halogens is 2. The molecule has 3 rings (SSSR count). The van der Waals surface area contributed by atoms with E-state index in [0.717, 1.165) is 25.9 Å². The van der Waals surface area contributed by atoms with Crippen molar-refractivity contribution in [2.75, 3.05) is 26.2 Å². The second kappa shape index (κ2) is 6.65. The van der Waals surface area contributed by atoms with Crippen LogP contribution in [0.5, 0.6) is 0 Å². The second-order valence-electron chi connectivity index (χ2n) is 5.95. The molecule has 2 fully saturated rings. The Morgan fingerprint density at radius 2 is 1.64 bits per heavy atom. The van der Waals surface area contributed by atoms with Crippen molar-refractivity contribution in [3.8, 4) is 0 Å². The molecule has 0 aromatic heterocycles. The van der Waals surface area contributed by atoms with Crippen LogP contribution in [0.25, 0.3) is 0 Å². The molecule has 2 aliphatic heterocycles. The average molecular weight is 363 g/mol. The standard InChI is InChI=1S/C15H20Cl2N2O2S/c16-12-3-4-14(17)15(11-12)22(20,21)19-9-5-13(6-10-19)18-7-1-2-8-18/h3-4,11,13H,1-2,5-10H2. The summed E-state index contributed by atoms with van der Waals surface area (Å²) in [6, 6.07) is 5.09. The van der Waals surface area contributed by atoms with Crippen molar-refractivity contribution in [2.24, 2.45) is 0 Å². The van der Waals surface area contributed by atoms with Gasteiger partial charge in [0.1, 0.15) is 4.90 Å². The topological polar surface area (TPSA) is 40.6 Å². The lowest BCUT2D eigenvalue weighted by molar-refractivity contribution is 0.168. The molecular formula is C15H20Cl2N2O2S. The number of hydrogen-bond donors (Lipinski definition) is 0. The lowest BCUT2D eigenvalue weighted by Crippen LogP contribution is -2.45. The highest BCUT2D eigenvalue weighted by Gasteiger charge is 2.33. The molecule has 0 aliphatic carbocycles.